The summed E-state index contributed by atoms with van der Waals surface area (Å²) in [6.45, 7) is 3.92. The number of carbonyl (C=O) groups is 1. The van der Waals surface area contributed by atoms with Crippen LogP contribution in [0.2, 0.25) is 0 Å². The maximum atomic E-state index is 13.1. The van der Waals surface area contributed by atoms with Crippen molar-refractivity contribution in [2.24, 2.45) is 11.8 Å². The standard InChI is InChI=1S/C28H38N2O5S2/c1-3-28(16-20-5-4-6-21(15-20)17-28)35-27(31)30-13-11-22(12-14-30)26-29-23(19-36-26)18-34-24-7-9-25(10-8-24)37(2,32)33/h7-10,19-22H,3-6,11-18H2,1-2H3. The number of amides is 1. The van der Waals surface area contributed by atoms with Crippen molar-refractivity contribution in [3.8, 4) is 5.75 Å². The number of carbonyl (C=O) groups excluding carboxylic acids is 1. The molecule has 2 saturated carbocycles. The van der Waals surface area contributed by atoms with Gasteiger partial charge >= 0.3 is 6.09 Å². The molecule has 1 aromatic carbocycles. The zero-order valence-corrected chi connectivity index (χ0v) is 23.5. The number of nitrogens with zero attached hydrogens (tertiary/aromatic N) is 2. The number of aromatic nitrogens is 1. The van der Waals surface area contributed by atoms with E-state index in [1.54, 1.807) is 35.6 Å². The van der Waals surface area contributed by atoms with E-state index in [0.29, 0.717) is 31.4 Å². The molecule has 2 atom stereocenters. The van der Waals surface area contributed by atoms with Crippen molar-refractivity contribution in [1.29, 1.82) is 0 Å². The Morgan fingerprint density at radius 1 is 1.11 bits per heavy atom. The molecular weight excluding hydrogens is 508 g/mol. The molecule has 7 nitrogen and oxygen atoms in total. The van der Waals surface area contributed by atoms with Gasteiger partial charge in [-0.1, -0.05) is 26.2 Å². The Labute approximate surface area is 224 Å². The van der Waals surface area contributed by atoms with E-state index in [-0.39, 0.29) is 16.6 Å². The van der Waals surface area contributed by atoms with Crippen LogP contribution in [0, 0.1) is 11.8 Å². The van der Waals surface area contributed by atoms with Crippen LogP contribution in [-0.2, 0) is 21.2 Å². The van der Waals surface area contributed by atoms with Gasteiger partial charge in [0.2, 0.25) is 0 Å². The van der Waals surface area contributed by atoms with Gasteiger partial charge in [0.15, 0.2) is 9.84 Å². The van der Waals surface area contributed by atoms with E-state index < -0.39 is 9.84 Å². The molecule has 1 saturated heterocycles. The highest BCUT2D eigenvalue weighted by Gasteiger charge is 2.44. The first-order valence-electron chi connectivity index (χ1n) is 13.6. The Bertz CT molecular complexity index is 1170. The summed E-state index contributed by atoms with van der Waals surface area (Å²) >= 11 is 1.64. The number of ether oxygens (including phenoxy) is 2. The van der Waals surface area contributed by atoms with E-state index in [0.717, 1.165) is 54.6 Å². The number of benzene rings is 1. The third-order valence-corrected chi connectivity index (χ3v) is 10.7. The lowest BCUT2D eigenvalue weighted by Gasteiger charge is -2.47. The number of rotatable bonds is 7. The van der Waals surface area contributed by atoms with Gasteiger partial charge < -0.3 is 14.4 Å². The normalized spacial score (nSPS) is 26.6. The second-order valence-electron chi connectivity index (χ2n) is 11.2. The van der Waals surface area contributed by atoms with Gasteiger partial charge in [0.25, 0.3) is 0 Å². The quantitative estimate of drug-likeness (QED) is 0.412. The Morgan fingerprint density at radius 2 is 1.78 bits per heavy atom. The highest BCUT2D eigenvalue weighted by atomic mass is 32.2. The summed E-state index contributed by atoms with van der Waals surface area (Å²) in [5, 5.41) is 3.11. The van der Waals surface area contributed by atoms with Crippen LogP contribution >= 0.6 is 11.3 Å². The van der Waals surface area contributed by atoms with Crippen molar-refractivity contribution in [3.63, 3.8) is 0 Å². The maximum Gasteiger partial charge on any atom is 0.410 e. The SMILES string of the molecule is CCC1(OC(=O)N2CCC(c3nc(COc4ccc(S(C)(=O)=O)cc4)cs3)CC2)CC2CCCC(C2)C1. The van der Waals surface area contributed by atoms with E-state index in [4.69, 9.17) is 14.5 Å². The van der Waals surface area contributed by atoms with Crippen molar-refractivity contribution in [2.45, 2.75) is 87.7 Å². The first-order chi connectivity index (χ1) is 17.7. The molecule has 1 aromatic heterocycles. The fourth-order valence-electron chi connectivity index (χ4n) is 6.43. The first-order valence-corrected chi connectivity index (χ1v) is 16.4. The molecule has 0 radical (unpaired) electrons. The van der Waals surface area contributed by atoms with Crippen molar-refractivity contribution in [1.82, 2.24) is 9.88 Å². The number of hydrogen-bond acceptors (Lipinski definition) is 7. The van der Waals surface area contributed by atoms with Gasteiger partial charge in [-0.25, -0.2) is 18.2 Å². The summed E-state index contributed by atoms with van der Waals surface area (Å²) in [4.78, 5) is 20.1. The molecular formula is C28H38N2O5S2. The summed E-state index contributed by atoms with van der Waals surface area (Å²) < 4.78 is 35.3. The third-order valence-electron chi connectivity index (χ3n) is 8.47. The van der Waals surface area contributed by atoms with Crippen molar-refractivity contribution in [3.05, 3.63) is 40.3 Å². The highest BCUT2D eigenvalue weighted by Crippen LogP contribution is 2.47. The Morgan fingerprint density at radius 3 is 2.41 bits per heavy atom. The second-order valence-corrected chi connectivity index (χ2v) is 14.1. The van der Waals surface area contributed by atoms with Crippen LogP contribution in [0.1, 0.15) is 81.3 Å². The first kappa shape index (κ1) is 26.5. The molecule has 1 aliphatic heterocycles. The molecule has 2 unspecified atom stereocenters. The Hall–Kier alpha value is -2.13. The highest BCUT2D eigenvalue weighted by molar-refractivity contribution is 7.90. The number of hydrogen-bond donors (Lipinski definition) is 0. The predicted octanol–water partition coefficient (Wildman–Crippen LogP) is 6.19. The van der Waals surface area contributed by atoms with Crippen LogP contribution in [0.3, 0.4) is 0 Å². The van der Waals surface area contributed by atoms with Crippen LogP contribution in [-0.4, -0.2) is 49.3 Å². The van der Waals surface area contributed by atoms with Crippen LogP contribution < -0.4 is 4.74 Å². The van der Waals surface area contributed by atoms with E-state index in [9.17, 15) is 13.2 Å². The fourth-order valence-corrected chi connectivity index (χ4v) is 8.03. The van der Waals surface area contributed by atoms with Gasteiger partial charge in [0, 0.05) is 30.6 Å². The summed E-state index contributed by atoms with van der Waals surface area (Å²) in [6, 6.07) is 6.44. The molecule has 5 rings (SSSR count). The second kappa shape index (κ2) is 10.9. The number of likely N-dealkylation sites (tertiary alicyclic amines) is 1. The fraction of sp³-hybridized carbons (Fsp3) is 0.643. The summed E-state index contributed by atoms with van der Waals surface area (Å²) in [6.07, 6.45) is 11.1. The minimum atomic E-state index is -3.22. The predicted molar refractivity (Wildman–Crippen MR) is 144 cm³/mol. The molecule has 9 heteroatoms. The number of fused-ring (bicyclic) bond motifs is 2. The van der Waals surface area contributed by atoms with E-state index in [2.05, 4.69) is 6.92 Å². The average Bonchev–Trinajstić information content (AvgIpc) is 3.36. The lowest BCUT2D eigenvalue weighted by atomic mass is 9.65. The molecule has 202 valence electrons. The molecule has 37 heavy (non-hydrogen) atoms. The molecule has 2 aliphatic carbocycles. The number of piperidine rings is 1. The largest absolute Gasteiger partial charge is 0.487 e. The number of sulfone groups is 1. The molecule has 0 spiro atoms. The molecule has 3 aliphatic rings. The molecule has 1 amide bonds. The van der Waals surface area contributed by atoms with Crippen molar-refractivity contribution in [2.75, 3.05) is 19.3 Å². The summed E-state index contributed by atoms with van der Waals surface area (Å²) in [7, 11) is -3.22. The average molecular weight is 547 g/mol. The van der Waals surface area contributed by atoms with E-state index in [1.807, 2.05) is 10.3 Å². The van der Waals surface area contributed by atoms with Crippen molar-refractivity contribution >= 4 is 27.3 Å². The molecule has 3 fully saturated rings. The van der Waals surface area contributed by atoms with Crippen LogP contribution in [0.15, 0.2) is 34.5 Å². The summed E-state index contributed by atoms with van der Waals surface area (Å²) in [5.41, 5.74) is 0.596. The van der Waals surface area contributed by atoms with Gasteiger partial charge in [-0.2, -0.15) is 0 Å². The lowest BCUT2D eigenvalue weighted by Crippen LogP contribution is -2.48. The summed E-state index contributed by atoms with van der Waals surface area (Å²) in [5.74, 6) is 2.40. The van der Waals surface area contributed by atoms with E-state index in [1.165, 1.54) is 31.9 Å². The van der Waals surface area contributed by atoms with Crippen molar-refractivity contribution < 1.29 is 22.7 Å². The minimum Gasteiger partial charge on any atom is -0.487 e. The van der Waals surface area contributed by atoms with Crippen LogP contribution in [0.5, 0.6) is 5.75 Å². The zero-order valence-electron chi connectivity index (χ0n) is 21.9. The van der Waals surface area contributed by atoms with Gasteiger partial charge in [0.05, 0.1) is 15.6 Å². The maximum absolute atomic E-state index is 13.1. The molecule has 2 aromatic rings. The van der Waals surface area contributed by atoms with Crippen LogP contribution in [0.25, 0.3) is 0 Å². The zero-order chi connectivity index (χ0) is 26.0. The lowest BCUT2D eigenvalue weighted by molar-refractivity contribution is -0.0758. The third kappa shape index (κ3) is 6.30. The Kier molecular flexibility index (Phi) is 7.82. The molecule has 0 N–H and O–H groups in total. The smallest absolute Gasteiger partial charge is 0.410 e. The van der Waals surface area contributed by atoms with Gasteiger partial charge in [-0.15, -0.1) is 11.3 Å². The van der Waals surface area contributed by atoms with E-state index >= 15 is 0 Å². The van der Waals surface area contributed by atoms with Gasteiger partial charge in [0.1, 0.15) is 18.0 Å². The number of thiazole rings is 1. The Balaban J connectivity index is 1.11. The van der Waals surface area contributed by atoms with Gasteiger partial charge in [-0.05, 0) is 74.6 Å². The monoisotopic (exact) mass is 546 g/mol. The van der Waals surface area contributed by atoms with Crippen LogP contribution in [0.4, 0.5) is 4.79 Å². The topological polar surface area (TPSA) is 85.8 Å². The van der Waals surface area contributed by atoms with Gasteiger partial charge in [-0.3, -0.25) is 0 Å². The molecule has 2 bridgehead atoms. The molecule has 2 heterocycles. The minimum absolute atomic E-state index is 0.129.